The molecule has 1 aliphatic heterocycles. The largest absolute Gasteiger partial charge is 0.340 e. The average molecular weight is 205 g/mol. The van der Waals surface area contributed by atoms with Crippen molar-refractivity contribution in [1.82, 2.24) is 4.57 Å². The molecule has 2 N–H and O–H groups in total. The molecule has 0 spiro atoms. The molecule has 0 aliphatic carbocycles. The Morgan fingerprint density at radius 2 is 2.36 bits per heavy atom. The molecule has 1 aliphatic rings. The quantitative estimate of drug-likeness (QED) is 0.723. The molecule has 0 radical (unpaired) electrons. The summed E-state index contributed by atoms with van der Waals surface area (Å²) in [5.41, 5.74) is 1.44. The summed E-state index contributed by atoms with van der Waals surface area (Å²) < 4.78 is 2.37. The first-order valence-corrected chi connectivity index (χ1v) is 5.85. The van der Waals surface area contributed by atoms with Crippen molar-refractivity contribution in [3.63, 3.8) is 0 Å². The Bertz CT molecular complexity index is 416. The van der Waals surface area contributed by atoms with Gasteiger partial charge in [-0.05, 0) is 23.6 Å². The van der Waals surface area contributed by atoms with E-state index in [1.807, 2.05) is 11.3 Å². The zero-order valence-electron chi connectivity index (χ0n) is 7.89. The third kappa shape index (κ3) is 1.21. The summed E-state index contributed by atoms with van der Waals surface area (Å²) in [7, 11) is 0. The van der Waals surface area contributed by atoms with Crippen molar-refractivity contribution in [3.05, 3.63) is 46.4 Å². The van der Waals surface area contributed by atoms with Crippen LogP contribution in [0.1, 0.15) is 16.6 Å². The van der Waals surface area contributed by atoms with E-state index in [0.29, 0.717) is 6.04 Å². The molecule has 3 rings (SSSR count). The lowest BCUT2D eigenvalue weighted by molar-refractivity contribution is -0.693. The van der Waals surface area contributed by atoms with E-state index in [1.165, 1.54) is 17.1 Å². The summed E-state index contributed by atoms with van der Waals surface area (Å²) >= 11 is 1.85. The molecule has 0 saturated heterocycles. The van der Waals surface area contributed by atoms with Gasteiger partial charge in [0.25, 0.3) is 0 Å². The van der Waals surface area contributed by atoms with E-state index in [-0.39, 0.29) is 0 Å². The molecule has 0 saturated carbocycles. The summed E-state index contributed by atoms with van der Waals surface area (Å²) in [5.74, 6) is 0. The van der Waals surface area contributed by atoms with Gasteiger partial charge in [0.2, 0.25) is 0 Å². The second kappa shape index (κ2) is 3.26. The van der Waals surface area contributed by atoms with Gasteiger partial charge in [-0.2, -0.15) is 0 Å². The molecule has 3 heterocycles. The summed E-state index contributed by atoms with van der Waals surface area (Å²) in [6, 6.07) is 9.28. The fourth-order valence-corrected chi connectivity index (χ4v) is 2.98. The molecule has 3 heteroatoms. The summed E-state index contributed by atoms with van der Waals surface area (Å²) in [5, 5.41) is 4.59. The zero-order chi connectivity index (χ0) is 9.38. The zero-order valence-corrected chi connectivity index (χ0v) is 8.70. The molecule has 72 valence electrons. The minimum absolute atomic E-state index is 0.527. The standard InChI is InChI=1S/C11H12N2S/c1-3-9-11(10-4-2-8-14-10)12-5-7-13(9)6-1/h1-4,6,8,11-12H,5,7H2/p+1/t11-/m1/s1. The SMILES string of the molecule is c1csc([C@@H]2[NH2+]CCn3cccc32)c1. The van der Waals surface area contributed by atoms with Crippen molar-refractivity contribution in [2.75, 3.05) is 6.54 Å². The molecule has 0 bridgehead atoms. The highest BCUT2D eigenvalue weighted by molar-refractivity contribution is 7.10. The number of hydrogen-bond acceptors (Lipinski definition) is 1. The van der Waals surface area contributed by atoms with Gasteiger partial charge in [0.1, 0.15) is 0 Å². The Kier molecular flexibility index (Phi) is 1.92. The van der Waals surface area contributed by atoms with Crippen molar-refractivity contribution in [3.8, 4) is 0 Å². The smallest absolute Gasteiger partial charge is 0.162 e. The number of thiophene rings is 1. The topological polar surface area (TPSA) is 21.5 Å². The van der Waals surface area contributed by atoms with Crippen molar-refractivity contribution in [1.29, 1.82) is 0 Å². The van der Waals surface area contributed by atoms with Crippen LogP contribution >= 0.6 is 11.3 Å². The summed E-state index contributed by atoms with van der Waals surface area (Å²) in [6.45, 7) is 2.33. The molecule has 14 heavy (non-hydrogen) atoms. The van der Waals surface area contributed by atoms with Crippen molar-refractivity contribution in [2.24, 2.45) is 0 Å². The van der Waals surface area contributed by atoms with Crippen molar-refractivity contribution < 1.29 is 5.32 Å². The van der Waals surface area contributed by atoms with Gasteiger partial charge in [-0.25, -0.2) is 0 Å². The Morgan fingerprint density at radius 3 is 3.21 bits per heavy atom. The Balaban J connectivity index is 2.04. The summed E-state index contributed by atoms with van der Waals surface area (Å²) in [6.07, 6.45) is 2.18. The molecule has 0 amide bonds. The Labute approximate surface area is 87.2 Å². The van der Waals surface area contributed by atoms with Gasteiger partial charge in [0.15, 0.2) is 6.04 Å². The van der Waals surface area contributed by atoms with Gasteiger partial charge in [0.05, 0.1) is 23.7 Å². The maximum atomic E-state index is 2.43. The van der Waals surface area contributed by atoms with Gasteiger partial charge in [0, 0.05) is 6.20 Å². The lowest BCUT2D eigenvalue weighted by atomic mass is 10.1. The fraction of sp³-hybridized carbons (Fsp3) is 0.273. The van der Waals surface area contributed by atoms with E-state index in [0.717, 1.165) is 6.54 Å². The maximum Gasteiger partial charge on any atom is 0.162 e. The highest BCUT2D eigenvalue weighted by Gasteiger charge is 2.24. The lowest BCUT2D eigenvalue weighted by Gasteiger charge is -2.22. The van der Waals surface area contributed by atoms with E-state index in [9.17, 15) is 0 Å². The van der Waals surface area contributed by atoms with E-state index in [1.54, 1.807) is 0 Å². The molecule has 0 fully saturated rings. The van der Waals surface area contributed by atoms with Gasteiger partial charge >= 0.3 is 0 Å². The van der Waals surface area contributed by atoms with Crippen LogP contribution in [-0.2, 0) is 6.54 Å². The lowest BCUT2D eigenvalue weighted by Crippen LogP contribution is -2.87. The Hall–Kier alpha value is -1.06. The number of quaternary nitrogens is 1. The fourth-order valence-electron chi connectivity index (χ4n) is 2.14. The minimum atomic E-state index is 0.527. The highest BCUT2D eigenvalue weighted by Crippen LogP contribution is 2.24. The number of nitrogens with zero attached hydrogens (tertiary/aromatic N) is 1. The molecule has 0 unspecified atom stereocenters. The first kappa shape index (κ1) is 8.26. The van der Waals surface area contributed by atoms with Crippen LogP contribution in [0.25, 0.3) is 0 Å². The molecule has 0 aromatic carbocycles. The monoisotopic (exact) mass is 205 g/mol. The van der Waals surface area contributed by atoms with Gasteiger partial charge in [-0.3, -0.25) is 0 Å². The van der Waals surface area contributed by atoms with Crippen LogP contribution in [0.4, 0.5) is 0 Å². The Morgan fingerprint density at radius 1 is 1.36 bits per heavy atom. The number of nitrogens with two attached hydrogens (primary N) is 1. The highest BCUT2D eigenvalue weighted by atomic mass is 32.1. The van der Waals surface area contributed by atoms with Crippen LogP contribution in [-0.4, -0.2) is 11.1 Å². The van der Waals surface area contributed by atoms with Gasteiger partial charge in [-0.1, -0.05) is 6.07 Å². The van der Waals surface area contributed by atoms with Gasteiger partial charge in [-0.15, -0.1) is 11.3 Å². The van der Waals surface area contributed by atoms with Crippen molar-refractivity contribution in [2.45, 2.75) is 12.6 Å². The predicted octanol–water partition coefficient (Wildman–Crippen LogP) is 1.22. The molecule has 2 aromatic rings. The van der Waals surface area contributed by atoms with E-state index in [4.69, 9.17) is 0 Å². The number of aromatic nitrogens is 1. The minimum Gasteiger partial charge on any atom is -0.340 e. The van der Waals surface area contributed by atoms with Crippen LogP contribution < -0.4 is 5.32 Å². The third-order valence-electron chi connectivity index (χ3n) is 2.81. The molecule has 2 aromatic heterocycles. The molecule has 1 atom stereocenters. The molecular weight excluding hydrogens is 192 g/mol. The van der Waals surface area contributed by atoms with Crippen molar-refractivity contribution >= 4 is 11.3 Å². The van der Waals surface area contributed by atoms with Crippen LogP contribution in [0.3, 0.4) is 0 Å². The van der Waals surface area contributed by atoms with Crippen LogP contribution in [0.2, 0.25) is 0 Å². The maximum absolute atomic E-state index is 2.43. The first-order valence-electron chi connectivity index (χ1n) is 4.97. The number of fused-ring (bicyclic) bond motifs is 1. The van der Waals surface area contributed by atoms with Crippen LogP contribution in [0.15, 0.2) is 35.8 Å². The van der Waals surface area contributed by atoms with Crippen LogP contribution in [0, 0.1) is 0 Å². The second-order valence-corrected chi connectivity index (χ2v) is 4.62. The first-order chi connectivity index (χ1) is 6.95. The predicted molar refractivity (Wildman–Crippen MR) is 57.4 cm³/mol. The normalized spacial score (nSPS) is 20.7. The molecule has 2 nitrogen and oxygen atoms in total. The number of rotatable bonds is 1. The van der Waals surface area contributed by atoms with E-state index < -0.39 is 0 Å². The number of hydrogen-bond donors (Lipinski definition) is 1. The average Bonchev–Trinajstić information content (AvgIpc) is 2.88. The second-order valence-electron chi connectivity index (χ2n) is 3.64. The molecular formula is C11H13N2S+. The van der Waals surface area contributed by atoms with E-state index >= 15 is 0 Å². The van der Waals surface area contributed by atoms with E-state index in [2.05, 4.69) is 45.7 Å². The van der Waals surface area contributed by atoms with Gasteiger partial charge < -0.3 is 9.88 Å². The summed E-state index contributed by atoms with van der Waals surface area (Å²) in [4.78, 5) is 1.46. The third-order valence-corrected chi connectivity index (χ3v) is 3.76. The van der Waals surface area contributed by atoms with Crippen LogP contribution in [0.5, 0.6) is 0 Å².